The second-order valence-electron chi connectivity index (χ2n) is 9.07. The van der Waals surface area contributed by atoms with Gasteiger partial charge in [0, 0.05) is 24.7 Å². The number of amides is 3. The minimum Gasteiger partial charge on any atom is -0.480 e. The van der Waals surface area contributed by atoms with Crippen molar-refractivity contribution in [2.75, 3.05) is 0 Å². The highest BCUT2D eigenvalue weighted by atomic mass is 16.4. The van der Waals surface area contributed by atoms with E-state index in [2.05, 4.69) is 25.9 Å². The molecule has 202 valence electrons. The molecule has 2 aromatic rings. The first kappa shape index (κ1) is 29.5. The summed E-state index contributed by atoms with van der Waals surface area (Å²) in [6, 6.07) is 3.96. The molecule has 0 fully saturated rings. The van der Waals surface area contributed by atoms with Crippen molar-refractivity contribution in [2.45, 2.75) is 70.3 Å². The fraction of sp³-hybridized carbons (Fsp3) is 0.480. The average Bonchev–Trinajstić information content (AvgIpc) is 3.38. The lowest BCUT2D eigenvalue weighted by molar-refractivity contribution is -0.143. The van der Waals surface area contributed by atoms with Crippen molar-refractivity contribution in [3.8, 4) is 0 Å². The standard InChI is InChI=1S/C25H36N6O6/c1-4-14(2)20(26)23(34)29-18(11-17-12-27-13-28-17)22(33)31-21(15(3)32)24(35)30-19(25(36)37)10-16-8-6-5-7-9-16/h5-9,12-15,18-21,32H,4,10-11,26H2,1-3H3,(H,27,28)(H,29,34)(H,30,35)(H,31,33)(H,36,37). The molecular formula is C25H36N6O6. The second-order valence-corrected chi connectivity index (χ2v) is 9.07. The van der Waals surface area contributed by atoms with Gasteiger partial charge in [0.2, 0.25) is 17.7 Å². The number of aliphatic carboxylic acids is 1. The van der Waals surface area contributed by atoms with Gasteiger partial charge >= 0.3 is 5.97 Å². The number of aliphatic hydroxyl groups is 1. The van der Waals surface area contributed by atoms with E-state index in [9.17, 15) is 29.4 Å². The number of benzene rings is 1. The monoisotopic (exact) mass is 516 g/mol. The highest BCUT2D eigenvalue weighted by Gasteiger charge is 2.33. The number of carboxylic acid groups (broad SMARTS) is 1. The van der Waals surface area contributed by atoms with Crippen LogP contribution < -0.4 is 21.7 Å². The third-order valence-electron chi connectivity index (χ3n) is 6.13. The lowest BCUT2D eigenvalue weighted by Crippen LogP contribution is -2.60. The van der Waals surface area contributed by atoms with E-state index in [1.807, 2.05) is 13.8 Å². The van der Waals surface area contributed by atoms with Gasteiger partial charge in [-0.05, 0) is 18.4 Å². The van der Waals surface area contributed by atoms with Crippen LogP contribution in [0.5, 0.6) is 0 Å². The first-order valence-electron chi connectivity index (χ1n) is 12.1. The SMILES string of the molecule is CCC(C)C(N)C(=O)NC(Cc1cnc[nH]1)C(=O)NC(C(=O)NC(Cc1ccccc1)C(=O)O)C(C)O. The Balaban J connectivity index is 2.17. The molecule has 0 spiro atoms. The number of aromatic amines is 1. The van der Waals surface area contributed by atoms with Crippen molar-refractivity contribution in [3.63, 3.8) is 0 Å². The summed E-state index contributed by atoms with van der Waals surface area (Å²) in [6.07, 6.45) is 2.23. The molecular weight excluding hydrogens is 480 g/mol. The molecule has 0 saturated heterocycles. The van der Waals surface area contributed by atoms with E-state index in [0.717, 1.165) is 0 Å². The van der Waals surface area contributed by atoms with Crippen molar-refractivity contribution >= 4 is 23.7 Å². The van der Waals surface area contributed by atoms with Crippen LogP contribution >= 0.6 is 0 Å². The van der Waals surface area contributed by atoms with Gasteiger partial charge in [0.1, 0.15) is 18.1 Å². The number of aliphatic hydroxyl groups excluding tert-OH is 1. The molecule has 0 aliphatic rings. The number of rotatable bonds is 14. The van der Waals surface area contributed by atoms with Gasteiger partial charge in [-0.1, -0.05) is 50.6 Å². The van der Waals surface area contributed by atoms with Crippen molar-refractivity contribution < 1.29 is 29.4 Å². The summed E-state index contributed by atoms with van der Waals surface area (Å²) >= 11 is 0. The van der Waals surface area contributed by atoms with Crippen LogP contribution in [0.1, 0.15) is 38.4 Å². The minimum absolute atomic E-state index is 0.00833. The number of carbonyl (C=O) groups is 4. The molecule has 8 N–H and O–H groups in total. The van der Waals surface area contributed by atoms with E-state index in [1.165, 1.54) is 19.4 Å². The zero-order valence-corrected chi connectivity index (χ0v) is 21.2. The maximum Gasteiger partial charge on any atom is 0.326 e. The number of hydrogen-bond acceptors (Lipinski definition) is 7. The van der Waals surface area contributed by atoms with E-state index in [-0.39, 0.29) is 18.8 Å². The van der Waals surface area contributed by atoms with Gasteiger partial charge in [0.05, 0.1) is 18.5 Å². The lowest BCUT2D eigenvalue weighted by Gasteiger charge is -2.27. The Morgan fingerprint density at radius 3 is 2.16 bits per heavy atom. The highest BCUT2D eigenvalue weighted by molar-refractivity contribution is 5.94. The zero-order chi connectivity index (χ0) is 27.5. The van der Waals surface area contributed by atoms with E-state index in [0.29, 0.717) is 17.7 Å². The Morgan fingerprint density at radius 1 is 0.973 bits per heavy atom. The van der Waals surface area contributed by atoms with Gasteiger partial charge in [0.25, 0.3) is 0 Å². The fourth-order valence-corrected chi connectivity index (χ4v) is 3.58. The molecule has 2 rings (SSSR count). The van der Waals surface area contributed by atoms with E-state index in [4.69, 9.17) is 5.73 Å². The largest absolute Gasteiger partial charge is 0.480 e. The number of imidazole rings is 1. The first-order chi connectivity index (χ1) is 17.5. The van der Waals surface area contributed by atoms with Crippen molar-refractivity contribution in [1.82, 2.24) is 25.9 Å². The molecule has 6 atom stereocenters. The highest BCUT2D eigenvalue weighted by Crippen LogP contribution is 2.08. The summed E-state index contributed by atoms with van der Waals surface area (Å²) in [4.78, 5) is 57.4. The summed E-state index contributed by atoms with van der Waals surface area (Å²) in [5.41, 5.74) is 7.25. The van der Waals surface area contributed by atoms with Gasteiger partial charge in [-0.25, -0.2) is 9.78 Å². The van der Waals surface area contributed by atoms with E-state index >= 15 is 0 Å². The summed E-state index contributed by atoms with van der Waals surface area (Å²) in [5, 5.41) is 27.3. The van der Waals surface area contributed by atoms with Crippen LogP contribution in [0.25, 0.3) is 0 Å². The van der Waals surface area contributed by atoms with Gasteiger partial charge in [-0.2, -0.15) is 0 Å². The Kier molecular flexibility index (Phi) is 11.2. The molecule has 1 aromatic carbocycles. The number of nitrogens with two attached hydrogens (primary N) is 1. The number of H-pyrrole nitrogens is 1. The van der Waals surface area contributed by atoms with Crippen LogP contribution in [0.2, 0.25) is 0 Å². The summed E-state index contributed by atoms with van der Waals surface area (Å²) in [5.74, 6) is -3.58. The molecule has 12 nitrogen and oxygen atoms in total. The molecule has 0 bridgehead atoms. The van der Waals surface area contributed by atoms with Gasteiger partial charge in [-0.15, -0.1) is 0 Å². The second kappa shape index (κ2) is 14.1. The van der Waals surface area contributed by atoms with Crippen LogP contribution in [0, 0.1) is 5.92 Å². The molecule has 0 aliphatic heterocycles. The normalized spacial score (nSPS) is 15.9. The maximum atomic E-state index is 13.2. The lowest BCUT2D eigenvalue weighted by atomic mass is 9.98. The molecule has 6 unspecified atom stereocenters. The van der Waals surface area contributed by atoms with E-state index < -0.39 is 54.0 Å². The molecule has 0 saturated carbocycles. The Hall–Kier alpha value is -3.77. The van der Waals surface area contributed by atoms with Crippen LogP contribution in [0.15, 0.2) is 42.9 Å². The van der Waals surface area contributed by atoms with Crippen LogP contribution in [0.3, 0.4) is 0 Å². The number of carboxylic acids is 1. The third kappa shape index (κ3) is 8.99. The average molecular weight is 517 g/mol. The molecule has 0 radical (unpaired) electrons. The Morgan fingerprint density at radius 2 is 1.62 bits per heavy atom. The zero-order valence-electron chi connectivity index (χ0n) is 21.2. The van der Waals surface area contributed by atoms with Crippen LogP contribution in [-0.2, 0) is 32.0 Å². The fourth-order valence-electron chi connectivity index (χ4n) is 3.58. The smallest absolute Gasteiger partial charge is 0.326 e. The number of carbonyl (C=O) groups excluding carboxylic acids is 3. The molecule has 1 aromatic heterocycles. The molecule has 12 heteroatoms. The molecule has 37 heavy (non-hydrogen) atoms. The number of hydrogen-bond donors (Lipinski definition) is 7. The van der Waals surface area contributed by atoms with Crippen molar-refractivity contribution in [2.24, 2.45) is 11.7 Å². The summed E-state index contributed by atoms with van der Waals surface area (Å²) < 4.78 is 0. The van der Waals surface area contributed by atoms with E-state index in [1.54, 1.807) is 30.3 Å². The number of nitrogens with one attached hydrogen (secondary N) is 4. The first-order valence-corrected chi connectivity index (χ1v) is 12.1. The van der Waals surface area contributed by atoms with Crippen molar-refractivity contribution in [1.29, 1.82) is 0 Å². The van der Waals surface area contributed by atoms with Crippen LogP contribution in [0.4, 0.5) is 0 Å². The van der Waals surface area contributed by atoms with Gasteiger partial charge < -0.3 is 36.9 Å². The van der Waals surface area contributed by atoms with Crippen LogP contribution in [-0.4, -0.2) is 74.1 Å². The quantitative estimate of drug-likeness (QED) is 0.174. The number of aromatic nitrogens is 2. The minimum atomic E-state index is -1.48. The summed E-state index contributed by atoms with van der Waals surface area (Å²) in [7, 11) is 0. The predicted octanol–water partition coefficient (Wildman–Crippen LogP) is -0.512. The Labute approximate surface area is 215 Å². The third-order valence-corrected chi connectivity index (χ3v) is 6.13. The van der Waals surface area contributed by atoms with Crippen molar-refractivity contribution in [3.05, 3.63) is 54.1 Å². The maximum absolute atomic E-state index is 13.2. The Bertz CT molecular complexity index is 1030. The predicted molar refractivity (Wildman–Crippen MR) is 135 cm³/mol. The number of nitrogens with zero attached hydrogens (tertiary/aromatic N) is 1. The van der Waals surface area contributed by atoms with Gasteiger partial charge in [-0.3, -0.25) is 14.4 Å². The van der Waals surface area contributed by atoms with Gasteiger partial charge in [0.15, 0.2) is 0 Å². The molecule has 0 aliphatic carbocycles. The summed E-state index contributed by atoms with van der Waals surface area (Å²) in [6.45, 7) is 5.00. The molecule has 1 heterocycles. The topological polar surface area (TPSA) is 200 Å². The molecule has 3 amide bonds.